The van der Waals surface area contributed by atoms with E-state index in [4.69, 9.17) is 10.3 Å². The van der Waals surface area contributed by atoms with Gasteiger partial charge in [-0.2, -0.15) is 8.42 Å². The van der Waals surface area contributed by atoms with E-state index in [1.165, 1.54) is 28.9 Å². The molecule has 2 rings (SSSR count). The summed E-state index contributed by atoms with van der Waals surface area (Å²) in [5.74, 6) is 0. The number of aryl methyl sites for hydroxylation is 1. The van der Waals surface area contributed by atoms with Crippen LogP contribution in [0.25, 0.3) is 5.69 Å². The minimum atomic E-state index is -4.24. The lowest BCUT2D eigenvalue weighted by Crippen LogP contribution is -2.16. The second-order valence-electron chi connectivity index (χ2n) is 3.76. The molecule has 1 aromatic carbocycles. The molecule has 1 heterocycles. The Morgan fingerprint density at radius 1 is 1.28 bits per heavy atom. The quantitative estimate of drug-likeness (QED) is 0.678. The Morgan fingerprint density at radius 2 is 1.83 bits per heavy atom. The maximum absolute atomic E-state index is 11.7. The van der Waals surface area contributed by atoms with Crippen LogP contribution in [0.4, 0.5) is 5.69 Å². The molecule has 4 N–H and O–H groups in total. The Kier molecular flexibility index (Phi) is 2.76. The number of anilines is 1. The second kappa shape index (κ2) is 4.00. The van der Waals surface area contributed by atoms with Gasteiger partial charge in [-0.25, -0.2) is 4.68 Å². The van der Waals surface area contributed by atoms with Crippen molar-refractivity contribution in [3.8, 4) is 5.69 Å². The average molecular weight is 269 g/mol. The molecule has 0 bridgehead atoms. The van der Waals surface area contributed by atoms with E-state index in [0.717, 1.165) is 0 Å². The normalized spacial score (nSPS) is 11.7. The van der Waals surface area contributed by atoms with E-state index < -0.39 is 15.7 Å². The van der Waals surface area contributed by atoms with Crippen LogP contribution in [0.5, 0.6) is 0 Å². The molecule has 0 aliphatic rings. The molecule has 1 aromatic heterocycles. The smallest absolute Gasteiger partial charge is 0.294 e. The number of aromatic amines is 1. The Bertz CT molecular complexity index is 740. The van der Waals surface area contributed by atoms with Crippen molar-refractivity contribution in [2.75, 3.05) is 5.73 Å². The van der Waals surface area contributed by atoms with Crippen LogP contribution in [-0.4, -0.2) is 22.8 Å². The van der Waals surface area contributed by atoms with Crippen molar-refractivity contribution in [3.05, 3.63) is 40.3 Å². The molecule has 7 nitrogen and oxygen atoms in total. The van der Waals surface area contributed by atoms with Gasteiger partial charge in [0.2, 0.25) is 0 Å². The first-order valence-corrected chi connectivity index (χ1v) is 6.40. The number of nitrogens with two attached hydrogens (primary N) is 1. The number of rotatable bonds is 2. The fourth-order valence-corrected chi connectivity index (χ4v) is 1.99. The molecule has 96 valence electrons. The molecular weight excluding hydrogens is 258 g/mol. The fraction of sp³-hybridized carbons (Fsp3) is 0.100. The highest BCUT2D eigenvalue weighted by molar-refractivity contribution is 7.85. The number of benzene rings is 1. The van der Waals surface area contributed by atoms with Gasteiger partial charge in [0.25, 0.3) is 15.7 Å². The van der Waals surface area contributed by atoms with E-state index >= 15 is 0 Å². The first-order chi connectivity index (χ1) is 8.30. The van der Waals surface area contributed by atoms with E-state index in [1.54, 1.807) is 6.92 Å². The van der Waals surface area contributed by atoms with Gasteiger partial charge in [0.15, 0.2) is 0 Å². The molecule has 0 fully saturated rings. The van der Waals surface area contributed by atoms with Crippen molar-refractivity contribution < 1.29 is 13.0 Å². The number of hydrogen-bond acceptors (Lipinski definition) is 4. The lowest BCUT2D eigenvalue weighted by Gasteiger charge is -2.02. The van der Waals surface area contributed by atoms with Crippen LogP contribution in [-0.2, 0) is 10.1 Å². The zero-order chi connectivity index (χ0) is 13.5. The van der Waals surface area contributed by atoms with Crippen molar-refractivity contribution in [1.29, 1.82) is 0 Å². The summed E-state index contributed by atoms with van der Waals surface area (Å²) in [6, 6.07) is 5.17. The largest absolute Gasteiger partial charge is 0.393 e. The number of hydrogen-bond donors (Lipinski definition) is 3. The first kappa shape index (κ1) is 12.4. The standard InChI is InChI=1S/C10H11N3O4S/c1-6-9(11)10(14)13(12-6)7-2-4-8(5-3-7)18(15,16)17/h2-5,12H,11H2,1H3,(H,15,16,17). The molecule has 0 aliphatic carbocycles. The number of nitrogen functional groups attached to an aromatic ring is 1. The Balaban J connectivity index is 2.54. The van der Waals surface area contributed by atoms with E-state index in [2.05, 4.69) is 5.10 Å². The summed E-state index contributed by atoms with van der Waals surface area (Å²) in [5.41, 5.74) is 6.18. The Labute approximate surface area is 103 Å². The van der Waals surface area contributed by atoms with Crippen LogP contribution in [0, 0.1) is 6.92 Å². The van der Waals surface area contributed by atoms with Gasteiger partial charge in [0, 0.05) is 0 Å². The van der Waals surface area contributed by atoms with E-state index in [-0.39, 0.29) is 10.6 Å². The molecule has 2 aromatic rings. The highest BCUT2D eigenvalue weighted by atomic mass is 32.2. The SMILES string of the molecule is Cc1[nH]n(-c2ccc(S(=O)(=O)O)cc2)c(=O)c1N. The van der Waals surface area contributed by atoms with Crippen molar-refractivity contribution in [1.82, 2.24) is 9.78 Å². The minimum absolute atomic E-state index is 0.105. The highest BCUT2D eigenvalue weighted by Crippen LogP contribution is 2.13. The summed E-state index contributed by atoms with van der Waals surface area (Å²) < 4.78 is 31.8. The Morgan fingerprint density at radius 3 is 2.22 bits per heavy atom. The number of H-pyrrole nitrogens is 1. The monoisotopic (exact) mass is 269 g/mol. The van der Waals surface area contributed by atoms with Gasteiger partial charge in [0.05, 0.1) is 16.3 Å². The van der Waals surface area contributed by atoms with Crippen molar-refractivity contribution >= 4 is 15.8 Å². The summed E-state index contributed by atoms with van der Waals surface area (Å²) in [7, 11) is -4.24. The van der Waals surface area contributed by atoms with Gasteiger partial charge in [-0.1, -0.05) is 0 Å². The predicted octanol–water partition coefficient (Wildman–Crippen LogP) is 0.303. The molecule has 8 heteroatoms. The maximum Gasteiger partial charge on any atom is 0.294 e. The van der Waals surface area contributed by atoms with Crippen LogP contribution in [0.15, 0.2) is 34.0 Å². The van der Waals surface area contributed by atoms with Crippen LogP contribution < -0.4 is 11.3 Å². The molecule has 0 aliphatic heterocycles. The summed E-state index contributed by atoms with van der Waals surface area (Å²) in [4.78, 5) is 11.5. The average Bonchev–Trinajstić information content (AvgIpc) is 2.56. The van der Waals surface area contributed by atoms with Gasteiger partial charge in [0.1, 0.15) is 5.69 Å². The van der Waals surface area contributed by atoms with Gasteiger partial charge in [-0.3, -0.25) is 14.4 Å². The van der Waals surface area contributed by atoms with Gasteiger partial charge >= 0.3 is 0 Å². The minimum Gasteiger partial charge on any atom is -0.393 e. The summed E-state index contributed by atoms with van der Waals surface area (Å²) in [6.45, 7) is 1.65. The first-order valence-electron chi connectivity index (χ1n) is 4.96. The van der Waals surface area contributed by atoms with Crippen LogP contribution >= 0.6 is 0 Å². The molecule has 0 atom stereocenters. The van der Waals surface area contributed by atoms with Crippen LogP contribution in [0.2, 0.25) is 0 Å². The number of nitrogens with one attached hydrogen (secondary N) is 1. The lowest BCUT2D eigenvalue weighted by atomic mass is 10.3. The molecule has 0 unspecified atom stereocenters. The lowest BCUT2D eigenvalue weighted by molar-refractivity contribution is 0.483. The topological polar surface area (TPSA) is 118 Å². The predicted molar refractivity (Wildman–Crippen MR) is 65.4 cm³/mol. The summed E-state index contributed by atoms with van der Waals surface area (Å²) in [5, 5.41) is 2.75. The van der Waals surface area contributed by atoms with Crippen molar-refractivity contribution in [2.45, 2.75) is 11.8 Å². The Hall–Kier alpha value is -2.06. The van der Waals surface area contributed by atoms with Crippen LogP contribution in [0.3, 0.4) is 0 Å². The molecule has 0 saturated carbocycles. The second-order valence-corrected chi connectivity index (χ2v) is 5.18. The number of nitrogens with zero attached hydrogens (tertiary/aromatic N) is 1. The highest BCUT2D eigenvalue weighted by Gasteiger charge is 2.12. The van der Waals surface area contributed by atoms with Gasteiger partial charge in [-0.05, 0) is 31.2 Å². The van der Waals surface area contributed by atoms with E-state index in [0.29, 0.717) is 11.4 Å². The summed E-state index contributed by atoms with van der Waals surface area (Å²) in [6.07, 6.45) is 0. The maximum atomic E-state index is 11.7. The molecule has 0 spiro atoms. The molecule has 0 amide bonds. The third-order valence-corrected chi connectivity index (χ3v) is 3.38. The van der Waals surface area contributed by atoms with E-state index in [1.807, 2.05) is 0 Å². The van der Waals surface area contributed by atoms with Crippen LogP contribution in [0.1, 0.15) is 5.69 Å². The zero-order valence-electron chi connectivity index (χ0n) is 9.41. The third-order valence-electron chi connectivity index (χ3n) is 2.51. The fourth-order valence-electron chi connectivity index (χ4n) is 1.51. The van der Waals surface area contributed by atoms with E-state index in [9.17, 15) is 13.2 Å². The van der Waals surface area contributed by atoms with Crippen molar-refractivity contribution in [2.24, 2.45) is 0 Å². The number of aromatic nitrogens is 2. The third kappa shape index (κ3) is 2.03. The van der Waals surface area contributed by atoms with Gasteiger partial charge in [-0.15, -0.1) is 0 Å². The molecule has 18 heavy (non-hydrogen) atoms. The molecule has 0 saturated heterocycles. The summed E-state index contributed by atoms with van der Waals surface area (Å²) >= 11 is 0. The molecule has 0 radical (unpaired) electrons. The molecular formula is C10H11N3O4S. The zero-order valence-corrected chi connectivity index (χ0v) is 10.2. The van der Waals surface area contributed by atoms with Crippen molar-refractivity contribution in [3.63, 3.8) is 0 Å². The van der Waals surface area contributed by atoms with Gasteiger partial charge < -0.3 is 5.73 Å².